The number of nitrogens with one attached hydrogen (secondary N) is 2. The van der Waals surface area contributed by atoms with E-state index in [2.05, 4.69) is 40.9 Å². The zero-order valence-corrected chi connectivity index (χ0v) is 16.2. The molecule has 1 atom stereocenters. The molecule has 1 heterocycles. The normalized spacial score (nSPS) is 12.3. The van der Waals surface area contributed by atoms with Crippen LogP contribution < -0.4 is 10.6 Å². The number of aliphatic imine (C=N–C) groups is 1. The lowest BCUT2D eigenvalue weighted by molar-refractivity contribution is -0.127. The largest absolute Gasteiger partial charge is 0.354 e. The van der Waals surface area contributed by atoms with E-state index in [4.69, 9.17) is 0 Å². The number of rotatable bonds is 6. The molecule has 0 spiro atoms. The standard InChI is InChI=1S/C14H24N4OS.HI/c1-5-11(2)17-14(16-9-13(19)18(3)4)15-8-12-6-7-20-10-12;/h6-7,10-11H,5,8-9H2,1-4H3,(H2,15,16,17);1H. The lowest BCUT2D eigenvalue weighted by atomic mass is 10.3. The quantitative estimate of drug-likeness (QED) is 0.419. The zero-order chi connectivity index (χ0) is 15.0. The summed E-state index contributed by atoms with van der Waals surface area (Å²) < 4.78 is 0. The highest BCUT2D eigenvalue weighted by molar-refractivity contribution is 14.0. The molecule has 0 saturated heterocycles. The van der Waals surface area contributed by atoms with Gasteiger partial charge in [0.2, 0.25) is 5.91 Å². The van der Waals surface area contributed by atoms with Crippen molar-refractivity contribution in [2.75, 3.05) is 20.6 Å². The maximum atomic E-state index is 11.6. The maximum Gasteiger partial charge on any atom is 0.241 e. The van der Waals surface area contributed by atoms with E-state index in [1.165, 1.54) is 5.56 Å². The van der Waals surface area contributed by atoms with Crippen LogP contribution in [0, 0.1) is 0 Å². The van der Waals surface area contributed by atoms with E-state index >= 15 is 0 Å². The van der Waals surface area contributed by atoms with Gasteiger partial charge in [0.05, 0.1) is 13.1 Å². The molecule has 0 aliphatic rings. The molecule has 0 aliphatic carbocycles. The number of carbonyl (C=O) groups is 1. The first-order valence-electron chi connectivity index (χ1n) is 6.79. The van der Waals surface area contributed by atoms with Crippen LogP contribution in [0.5, 0.6) is 0 Å². The molecule has 1 amide bonds. The number of likely N-dealkylation sites (N-methyl/N-ethyl adjacent to an activating group) is 1. The maximum absolute atomic E-state index is 11.6. The molecule has 0 bridgehead atoms. The van der Waals surface area contributed by atoms with Crippen molar-refractivity contribution >= 4 is 47.2 Å². The molecule has 0 aromatic carbocycles. The Morgan fingerprint density at radius 3 is 2.71 bits per heavy atom. The zero-order valence-electron chi connectivity index (χ0n) is 13.0. The minimum Gasteiger partial charge on any atom is -0.354 e. The van der Waals surface area contributed by atoms with Crippen molar-refractivity contribution < 1.29 is 4.79 Å². The Morgan fingerprint density at radius 1 is 1.48 bits per heavy atom. The van der Waals surface area contributed by atoms with Crippen LogP contribution in [0.3, 0.4) is 0 Å². The summed E-state index contributed by atoms with van der Waals surface area (Å²) >= 11 is 1.66. The lowest BCUT2D eigenvalue weighted by Gasteiger charge is -2.18. The number of hydrogen-bond donors (Lipinski definition) is 2. The summed E-state index contributed by atoms with van der Waals surface area (Å²) in [5.41, 5.74) is 1.18. The first kappa shape index (κ1) is 20.2. The molecular formula is C14H25IN4OS. The Morgan fingerprint density at radius 2 is 2.19 bits per heavy atom. The van der Waals surface area contributed by atoms with Crippen LogP contribution in [0.4, 0.5) is 0 Å². The van der Waals surface area contributed by atoms with E-state index in [9.17, 15) is 4.79 Å². The fraction of sp³-hybridized carbons (Fsp3) is 0.571. The summed E-state index contributed by atoms with van der Waals surface area (Å²) in [6.07, 6.45) is 1.00. The summed E-state index contributed by atoms with van der Waals surface area (Å²) in [7, 11) is 3.49. The molecule has 1 rings (SSSR count). The van der Waals surface area contributed by atoms with E-state index in [1.807, 2.05) is 5.38 Å². The van der Waals surface area contributed by atoms with Gasteiger partial charge in [-0.3, -0.25) is 4.79 Å². The molecule has 2 N–H and O–H groups in total. The topological polar surface area (TPSA) is 56.7 Å². The molecule has 0 fully saturated rings. The number of amides is 1. The second-order valence-corrected chi connectivity index (χ2v) is 5.67. The molecule has 7 heteroatoms. The Kier molecular flexibility index (Phi) is 10.4. The average Bonchev–Trinajstić information content (AvgIpc) is 2.94. The number of halogens is 1. The van der Waals surface area contributed by atoms with Gasteiger partial charge in [-0.05, 0) is 35.7 Å². The van der Waals surface area contributed by atoms with Gasteiger partial charge in [-0.15, -0.1) is 24.0 Å². The molecule has 1 aromatic heterocycles. The van der Waals surface area contributed by atoms with E-state index in [-0.39, 0.29) is 36.4 Å². The van der Waals surface area contributed by atoms with Crippen molar-refractivity contribution in [3.05, 3.63) is 22.4 Å². The Balaban J connectivity index is 0.00000400. The van der Waals surface area contributed by atoms with E-state index in [1.54, 1.807) is 30.3 Å². The molecule has 1 aromatic rings. The van der Waals surface area contributed by atoms with E-state index < -0.39 is 0 Å². The summed E-state index contributed by atoms with van der Waals surface area (Å²) in [5.74, 6) is 0.708. The lowest BCUT2D eigenvalue weighted by Crippen LogP contribution is -2.45. The summed E-state index contributed by atoms with van der Waals surface area (Å²) in [6.45, 7) is 5.07. The second-order valence-electron chi connectivity index (χ2n) is 4.89. The number of nitrogens with zero attached hydrogens (tertiary/aromatic N) is 2. The second kappa shape index (κ2) is 10.8. The minimum absolute atomic E-state index is 0. The Bertz CT molecular complexity index is 434. The molecule has 5 nitrogen and oxygen atoms in total. The van der Waals surface area contributed by atoms with Crippen molar-refractivity contribution in [2.45, 2.75) is 32.9 Å². The van der Waals surface area contributed by atoms with Crippen LogP contribution in [0.1, 0.15) is 25.8 Å². The van der Waals surface area contributed by atoms with Crippen LogP contribution in [0.15, 0.2) is 21.8 Å². The number of guanidine groups is 1. The summed E-state index contributed by atoms with van der Waals surface area (Å²) in [5, 5.41) is 10.5. The fourth-order valence-corrected chi connectivity index (χ4v) is 2.02. The first-order chi connectivity index (χ1) is 9.52. The van der Waals surface area contributed by atoms with Crippen LogP contribution >= 0.6 is 35.3 Å². The Labute approximate surface area is 148 Å². The van der Waals surface area contributed by atoms with Crippen molar-refractivity contribution in [1.82, 2.24) is 15.5 Å². The van der Waals surface area contributed by atoms with Gasteiger partial charge >= 0.3 is 0 Å². The smallest absolute Gasteiger partial charge is 0.241 e. The Hall–Kier alpha value is -0.830. The highest BCUT2D eigenvalue weighted by Gasteiger charge is 2.07. The first-order valence-corrected chi connectivity index (χ1v) is 7.73. The van der Waals surface area contributed by atoms with E-state index in [0.29, 0.717) is 18.5 Å². The molecule has 21 heavy (non-hydrogen) atoms. The van der Waals surface area contributed by atoms with Crippen molar-refractivity contribution in [2.24, 2.45) is 4.99 Å². The molecule has 120 valence electrons. The van der Waals surface area contributed by atoms with Gasteiger partial charge in [0, 0.05) is 20.1 Å². The van der Waals surface area contributed by atoms with Gasteiger partial charge < -0.3 is 15.5 Å². The van der Waals surface area contributed by atoms with Gasteiger partial charge in [0.25, 0.3) is 0 Å². The van der Waals surface area contributed by atoms with Gasteiger partial charge in [0.1, 0.15) is 0 Å². The third-order valence-corrected chi connectivity index (χ3v) is 3.63. The molecule has 1 unspecified atom stereocenters. The summed E-state index contributed by atoms with van der Waals surface area (Å²) in [6, 6.07) is 2.37. The third kappa shape index (κ3) is 8.25. The van der Waals surface area contributed by atoms with Crippen LogP contribution in [0.25, 0.3) is 0 Å². The van der Waals surface area contributed by atoms with Gasteiger partial charge in [-0.2, -0.15) is 11.3 Å². The van der Waals surface area contributed by atoms with Crippen LogP contribution in [-0.2, 0) is 11.3 Å². The highest BCUT2D eigenvalue weighted by atomic mass is 127. The van der Waals surface area contributed by atoms with Crippen LogP contribution in [0.2, 0.25) is 0 Å². The van der Waals surface area contributed by atoms with Crippen molar-refractivity contribution in [3.63, 3.8) is 0 Å². The summed E-state index contributed by atoms with van der Waals surface area (Å²) in [4.78, 5) is 17.7. The molecule has 0 aliphatic heterocycles. The number of hydrogen-bond acceptors (Lipinski definition) is 3. The molecule has 0 radical (unpaired) electrons. The number of carbonyl (C=O) groups excluding carboxylic acids is 1. The number of thiophene rings is 1. The highest BCUT2D eigenvalue weighted by Crippen LogP contribution is 2.06. The third-order valence-electron chi connectivity index (χ3n) is 2.90. The monoisotopic (exact) mass is 424 g/mol. The predicted octanol–water partition coefficient (Wildman–Crippen LogP) is 2.29. The molecule has 0 saturated carbocycles. The van der Waals surface area contributed by atoms with Crippen molar-refractivity contribution in [1.29, 1.82) is 0 Å². The minimum atomic E-state index is 0. The van der Waals surface area contributed by atoms with Gasteiger partial charge in [0.15, 0.2) is 5.96 Å². The van der Waals surface area contributed by atoms with E-state index in [0.717, 1.165) is 6.42 Å². The van der Waals surface area contributed by atoms with Crippen molar-refractivity contribution in [3.8, 4) is 0 Å². The SMILES string of the molecule is CCC(C)NC(=NCc1ccsc1)NCC(=O)N(C)C.I. The van der Waals surface area contributed by atoms with Crippen LogP contribution in [-0.4, -0.2) is 43.4 Å². The van der Waals surface area contributed by atoms with Gasteiger partial charge in [-0.1, -0.05) is 6.92 Å². The average molecular weight is 424 g/mol. The predicted molar refractivity (Wildman–Crippen MR) is 100 cm³/mol. The molecular weight excluding hydrogens is 399 g/mol. The fourth-order valence-electron chi connectivity index (χ4n) is 1.36. The van der Waals surface area contributed by atoms with Gasteiger partial charge in [-0.25, -0.2) is 4.99 Å².